The van der Waals surface area contributed by atoms with Gasteiger partial charge in [0.05, 0.1) is 5.92 Å². The summed E-state index contributed by atoms with van der Waals surface area (Å²) in [7, 11) is 4.08. The molecule has 1 fully saturated rings. The van der Waals surface area contributed by atoms with Crippen molar-refractivity contribution in [1.29, 1.82) is 0 Å². The molecule has 110 valence electrons. The van der Waals surface area contributed by atoms with Gasteiger partial charge in [0.2, 0.25) is 0 Å². The lowest BCUT2D eigenvalue weighted by Crippen LogP contribution is -2.52. The molecule has 0 saturated heterocycles. The molecule has 1 atom stereocenters. The summed E-state index contributed by atoms with van der Waals surface area (Å²) in [6.07, 6.45) is 4.56. The number of carboxylic acids is 1. The monoisotopic (exact) mass is 271 g/mol. The third kappa shape index (κ3) is 4.38. The van der Waals surface area contributed by atoms with Gasteiger partial charge < -0.3 is 20.6 Å². The lowest BCUT2D eigenvalue weighted by Gasteiger charge is -2.36. The van der Waals surface area contributed by atoms with Gasteiger partial charge in [0.25, 0.3) is 0 Å². The molecule has 6 nitrogen and oxygen atoms in total. The van der Waals surface area contributed by atoms with Gasteiger partial charge in [-0.1, -0.05) is 19.8 Å². The Bertz CT molecular complexity index is 325. The number of hydrogen-bond donors (Lipinski definition) is 3. The van der Waals surface area contributed by atoms with E-state index in [1.807, 2.05) is 14.1 Å². The average Bonchev–Trinajstić information content (AvgIpc) is 2.83. The highest BCUT2D eigenvalue weighted by Crippen LogP contribution is 2.32. The van der Waals surface area contributed by atoms with Gasteiger partial charge in [-0.05, 0) is 26.9 Å². The van der Waals surface area contributed by atoms with Gasteiger partial charge >= 0.3 is 12.0 Å². The summed E-state index contributed by atoms with van der Waals surface area (Å²) >= 11 is 0. The Morgan fingerprint density at radius 3 is 2.32 bits per heavy atom. The molecule has 0 radical (unpaired) electrons. The number of carboxylic acid groups (broad SMARTS) is 1. The molecule has 1 aliphatic carbocycles. The molecular weight excluding hydrogens is 246 g/mol. The van der Waals surface area contributed by atoms with Crippen LogP contribution in [0.3, 0.4) is 0 Å². The van der Waals surface area contributed by atoms with Crippen molar-refractivity contribution < 1.29 is 14.7 Å². The van der Waals surface area contributed by atoms with Crippen molar-refractivity contribution in [3.05, 3.63) is 0 Å². The lowest BCUT2D eigenvalue weighted by atomic mass is 9.96. The van der Waals surface area contributed by atoms with Crippen molar-refractivity contribution in [1.82, 2.24) is 15.5 Å². The van der Waals surface area contributed by atoms with Gasteiger partial charge in [-0.15, -0.1) is 0 Å². The number of amides is 2. The Kier molecular flexibility index (Phi) is 5.60. The van der Waals surface area contributed by atoms with Crippen molar-refractivity contribution in [2.24, 2.45) is 5.92 Å². The summed E-state index contributed by atoms with van der Waals surface area (Å²) in [5.41, 5.74) is 0.0513. The molecule has 1 saturated carbocycles. The predicted molar refractivity (Wildman–Crippen MR) is 73.1 cm³/mol. The summed E-state index contributed by atoms with van der Waals surface area (Å²) in [6, 6.07) is -0.291. The summed E-state index contributed by atoms with van der Waals surface area (Å²) in [5, 5.41) is 14.2. The number of carbonyl (C=O) groups excluding carboxylic acids is 1. The average molecular weight is 271 g/mol. The van der Waals surface area contributed by atoms with Crippen LogP contribution in [0.5, 0.6) is 0 Å². The molecule has 1 unspecified atom stereocenters. The highest BCUT2D eigenvalue weighted by atomic mass is 16.4. The van der Waals surface area contributed by atoms with Crippen molar-refractivity contribution in [3.63, 3.8) is 0 Å². The molecule has 1 rings (SSSR count). The SMILES string of the molecule is CC(CNC(=O)NCC1(N(C)C)CCCC1)C(=O)O. The van der Waals surface area contributed by atoms with Crippen molar-refractivity contribution in [2.45, 2.75) is 38.1 Å². The van der Waals surface area contributed by atoms with E-state index in [0.717, 1.165) is 12.8 Å². The number of rotatable bonds is 6. The van der Waals surface area contributed by atoms with Crippen LogP contribution in [0.1, 0.15) is 32.6 Å². The van der Waals surface area contributed by atoms with Crippen LogP contribution in [0.4, 0.5) is 4.79 Å². The van der Waals surface area contributed by atoms with E-state index in [1.54, 1.807) is 6.92 Å². The molecule has 0 aromatic heterocycles. The molecule has 0 bridgehead atoms. The zero-order chi connectivity index (χ0) is 14.5. The molecule has 0 aliphatic heterocycles. The van der Waals surface area contributed by atoms with E-state index < -0.39 is 11.9 Å². The van der Waals surface area contributed by atoms with Crippen molar-refractivity contribution >= 4 is 12.0 Å². The van der Waals surface area contributed by atoms with E-state index in [4.69, 9.17) is 5.11 Å². The van der Waals surface area contributed by atoms with Crippen LogP contribution in [0.2, 0.25) is 0 Å². The maximum Gasteiger partial charge on any atom is 0.314 e. The lowest BCUT2D eigenvalue weighted by molar-refractivity contribution is -0.140. The highest BCUT2D eigenvalue weighted by molar-refractivity contribution is 5.75. The standard InChI is InChI=1S/C13H25N3O3/c1-10(11(17)18)8-14-12(19)15-9-13(16(2)3)6-4-5-7-13/h10H,4-9H2,1-3H3,(H,17,18)(H2,14,15,19). The minimum absolute atomic E-state index is 0.0513. The van der Waals surface area contributed by atoms with E-state index in [2.05, 4.69) is 15.5 Å². The zero-order valence-electron chi connectivity index (χ0n) is 12.0. The fourth-order valence-corrected chi connectivity index (χ4v) is 2.46. The van der Waals surface area contributed by atoms with Crippen LogP contribution in [0, 0.1) is 5.92 Å². The maximum absolute atomic E-state index is 11.7. The Morgan fingerprint density at radius 1 is 1.26 bits per heavy atom. The zero-order valence-corrected chi connectivity index (χ0v) is 12.0. The molecule has 2 amide bonds. The van der Waals surface area contributed by atoms with Crippen molar-refractivity contribution in [3.8, 4) is 0 Å². The number of likely N-dealkylation sites (N-methyl/N-ethyl adjacent to an activating group) is 1. The molecule has 0 aromatic rings. The van der Waals surface area contributed by atoms with Gasteiger partial charge in [0.1, 0.15) is 0 Å². The minimum Gasteiger partial charge on any atom is -0.481 e. The third-order valence-corrected chi connectivity index (χ3v) is 4.05. The summed E-state index contributed by atoms with van der Waals surface area (Å²) in [6.45, 7) is 2.32. The molecule has 1 aliphatic rings. The van der Waals surface area contributed by atoms with Gasteiger partial charge in [0.15, 0.2) is 0 Å². The van der Waals surface area contributed by atoms with E-state index in [9.17, 15) is 9.59 Å². The fraction of sp³-hybridized carbons (Fsp3) is 0.846. The smallest absolute Gasteiger partial charge is 0.314 e. The first kappa shape index (κ1) is 15.8. The molecule has 3 N–H and O–H groups in total. The first-order valence-electron chi connectivity index (χ1n) is 6.79. The molecule has 0 heterocycles. The second-order valence-corrected chi connectivity index (χ2v) is 5.63. The van der Waals surface area contributed by atoms with E-state index >= 15 is 0 Å². The number of aliphatic carboxylic acids is 1. The predicted octanol–water partition coefficient (Wildman–Crippen LogP) is 0.881. The van der Waals surface area contributed by atoms with Crippen molar-refractivity contribution in [2.75, 3.05) is 27.2 Å². The molecule has 0 aromatic carbocycles. The normalized spacial score (nSPS) is 19.2. The first-order valence-corrected chi connectivity index (χ1v) is 6.79. The maximum atomic E-state index is 11.7. The molecule has 19 heavy (non-hydrogen) atoms. The van der Waals surface area contributed by atoms with Crippen LogP contribution in [-0.2, 0) is 4.79 Å². The quantitative estimate of drug-likeness (QED) is 0.670. The topological polar surface area (TPSA) is 81.7 Å². The number of nitrogens with zero attached hydrogens (tertiary/aromatic N) is 1. The second kappa shape index (κ2) is 6.75. The van der Waals surface area contributed by atoms with E-state index in [1.165, 1.54) is 12.8 Å². The van der Waals surface area contributed by atoms with Gasteiger partial charge in [-0.25, -0.2) is 4.79 Å². The largest absolute Gasteiger partial charge is 0.481 e. The Morgan fingerprint density at radius 2 is 1.84 bits per heavy atom. The fourth-order valence-electron chi connectivity index (χ4n) is 2.46. The van der Waals surface area contributed by atoms with Crippen LogP contribution in [0.15, 0.2) is 0 Å². The van der Waals surface area contributed by atoms with Gasteiger partial charge in [0, 0.05) is 18.6 Å². The number of hydrogen-bond acceptors (Lipinski definition) is 3. The number of nitrogens with one attached hydrogen (secondary N) is 2. The van der Waals surface area contributed by atoms with Crippen LogP contribution in [-0.4, -0.2) is 54.7 Å². The van der Waals surface area contributed by atoms with E-state index in [0.29, 0.717) is 6.54 Å². The summed E-state index contributed by atoms with van der Waals surface area (Å²) in [4.78, 5) is 24.5. The highest BCUT2D eigenvalue weighted by Gasteiger charge is 2.36. The third-order valence-electron chi connectivity index (χ3n) is 4.05. The molecule has 0 spiro atoms. The Balaban J connectivity index is 2.35. The van der Waals surface area contributed by atoms with E-state index in [-0.39, 0.29) is 18.1 Å². The second-order valence-electron chi connectivity index (χ2n) is 5.63. The van der Waals surface area contributed by atoms with Gasteiger partial charge in [-0.2, -0.15) is 0 Å². The molecule has 6 heteroatoms. The van der Waals surface area contributed by atoms with Gasteiger partial charge in [-0.3, -0.25) is 4.79 Å². The molecular formula is C13H25N3O3. The van der Waals surface area contributed by atoms with Crippen LogP contribution in [0.25, 0.3) is 0 Å². The van der Waals surface area contributed by atoms with Crippen LogP contribution >= 0.6 is 0 Å². The number of carbonyl (C=O) groups is 2. The summed E-state index contributed by atoms with van der Waals surface area (Å²) in [5.74, 6) is -1.47. The minimum atomic E-state index is -0.902. The Hall–Kier alpha value is -1.30. The number of urea groups is 1. The Labute approximate surface area is 114 Å². The van der Waals surface area contributed by atoms with Crippen LogP contribution < -0.4 is 10.6 Å². The summed E-state index contributed by atoms with van der Waals surface area (Å²) < 4.78 is 0. The first-order chi connectivity index (χ1) is 8.87.